The van der Waals surface area contributed by atoms with Gasteiger partial charge in [-0.05, 0) is 12.1 Å². The van der Waals surface area contributed by atoms with Crippen LogP contribution in [0.5, 0.6) is 5.75 Å². The summed E-state index contributed by atoms with van der Waals surface area (Å²) in [7, 11) is 1.55. The molecule has 82 valence electrons. The second-order valence-electron chi connectivity index (χ2n) is 3.07. The number of hydrogen-bond donors (Lipinski definition) is 1. The number of hydrogen-bond acceptors (Lipinski definition) is 3. The molecule has 1 rings (SSSR count). The number of carbonyl (C=O) groups excluding carboxylic acids is 1. The summed E-state index contributed by atoms with van der Waals surface area (Å²) in [6, 6.07) is 7.23. The number of carbonyl (C=O) groups is 1. The van der Waals surface area contributed by atoms with Gasteiger partial charge in [0, 0.05) is 13.5 Å². The molecular weight excluding hydrogens is 194 g/mol. The molecule has 1 N–H and O–H groups in total. The summed E-state index contributed by atoms with van der Waals surface area (Å²) >= 11 is 0. The number of aliphatic hydroxyl groups excluding tert-OH is 1. The van der Waals surface area contributed by atoms with Gasteiger partial charge < -0.3 is 14.7 Å². The number of amides is 1. The molecule has 1 aromatic carbocycles. The number of ether oxygens (including phenoxy) is 1. The predicted molar refractivity (Wildman–Crippen MR) is 58.1 cm³/mol. The second kappa shape index (κ2) is 5.36. The van der Waals surface area contributed by atoms with Crippen molar-refractivity contribution in [2.24, 2.45) is 0 Å². The van der Waals surface area contributed by atoms with Crippen LogP contribution in [0.1, 0.15) is 6.92 Å². The fourth-order valence-electron chi connectivity index (χ4n) is 1.40. The number of nitrogens with zero attached hydrogens (tertiary/aromatic N) is 1. The van der Waals surface area contributed by atoms with E-state index in [1.807, 2.05) is 12.1 Å². The lowest BCUT2D eigenvalue weighted by atomic mass is 10.2. The predicted octanol–water partition coefficient (Wildman–Crippen LogP) is 1.04. The van der Waals surface area contributed by atoms with Crippen molar-refractivity contribution in [3.63, 3.8) is 0 Å². The molecule has 0 aromatic heterocycles. The summed E-state index contributed by atoms with van der Waals surface area (Å²) in [5, 5.41) is 8.88. The van der Waals surface area contributed by atoms with Gasteiger partial charge in [-0.15, -0.1) is 0 Å². The van der Waals surface area contributed by atoms with Crippen molar-refractivity contribution in [2.45, 2.75) is 6.92 Å². The zero-order valence-corrected chi connectivity index (χ0v) is 8.93. The first kappa shape index (κ1) is 11.5. The summed E-state index contributed by atoms with van der Waals surface area (Å²) in [6.07, 6.45) is 0. The summed E-state index contributed by atoms with van der Waals surface area (Å²) in [6.45, 7) is 1.66. The van der Waals surface area contributed by atoms with Gasteiger partial charge in [0.05, 0.1) is 19.4 Å². The van der Waals surface area contributed by atoms with Gasteiger partial charge in [-0.3, -0.25) is 4.79 Å². The van der Waals surface area contributed by atoms with E-state index < -0.39 is 0 Å². The monoisotopic (exact) mass is 209 g/mol. The average Bonchev–Trinajstić information content (AvgIpc) is 2.25. The lowest BCUT2D eigenvalue weighted by molar-refractivity contribution is -0.116. The Balaban J connectivity index is 3.04. The zero-order valence-electron chi connectivity index (χ0n) is 8.93. The summed E-state index contributed by atoms with van der Waals surface area (Å²) < 4.78 is 5.15. The lowest BCUT2D eigenvalue weighted by Crippen LogP contribution is -2.31. The van der Waals surface area contributed by atoms with Crippen LogP contribution < -0.4 is 9.64 Å². The van der Waals surface area contributed by atoms with Crippen LogP contribution in [0.15, 0.2) is 24.3 Å². The Bertz CT molecular complexity index is 338. The molecule has 0 saturated carbocycles. The number of rotatable bonds is 4. The van der Waals surface area contributed by atoms with Gasteiger partial charge in [0.1, 0.15) is 5.75 Å². The van der Waals surface area contributed by atoms with Crippen LogP contribution in [0.25, 0.3) is 0 Å². The first-order valence-electron chi connectivity index (χ1n) is 4.72. The van der Waals surface area contributed by atoms with Crippen LogP contribution in [0.2, 0.25) is 0 Å². The number of benzene rings is 1. The highest BCUT2D eigenvalue weighted by atomic mass is 16.5. The molecule has 1 aromatic rings. The van der Waals surface area contributed by atoms with Gasteiger partial charge in [0.25, 0.3) is 0 Å². The maximum atomic E-state index is 11.4. The molecule has 0 atom stereocenters. The Morgan fingerprint density at radius 2 is 2.13 bits per heavy atom. The van der Waals surface area contributed by atoms with Gasteiger partial charge in [-0.2, -0.15) is 0 Å². The van der Waals surface area contributed by atoms with Gasteiger partial charge in [0.15, 0.2) is 0 Å². The van der Waals surface area contributed by atoms with Crippen LogP contribution in [0.3, 0.4) is 0 Å². The van der Waals surface area contributed by atoms with E-state index in [-0.39, 0.29) is 19.1 Å². The fourth-order valence-corrected chi connectivity index (χ4v) is 1.40. The van der Waals surface area contributed by atoms with Crippen molar-refractivity contribution >= 4 is 11.6 Å². The minimum Gasteiger partial charge on any atom is -0.495 e. The van der Waals surface area contributed by atoms with Crippen LogP contribution in [-0.2, 0) is 4.79 Å². The highest BCUT2D eigenvalue weighted by molar-refractivity contribution is 5.93. The normalized spacial score (nSPS) is 9.80. The first-order valence-corrected chi connectivity index (χ1v) is 4.72. The van der Waals surface area contributed by atoms with Crippen molar-refractivity contribution < 1.29 is 14.6 Å². The molecule has 0 aliphatic heterocycles. The molecule has 0 bridgehead atoms. The van der Waals surface area contributed by atoms with E-state index in [2.05, 4.69) is 0 Å². The van der Waals surface area contributed by atoms with E-state index in [0.29, 0.717) is 11.4 Å². The topological polar surface area (TPSA) is 49.8 Å². The number of anilines is 1. The largest absolute Gasteiger partial charge is 0.495 e. The smallest absolute Gasteiger partial charge is 0.224 e. The molecule has 1 amide bonds. The minimum absolute atomic E-state index is 0.0718. The van der Waals surface area contributed by atoms with Crippen LogP contribution in [0, 0.1) is 0 Å². The van der Waals surface area contributed by atoms with Gasteiger partial charge >= 0.3 is 0 Å². The lowest BCUT2D eigenvalue weighted by Gasteiger charge is -2.22. The molecule has 0 radical (unpaired) electrons. The van der Waals surface area contributed by atoms with E-state index in [1.54, 1.807) is 19.2 Å². The maximum Gasteiger partial charge on any atom is 0.224 e. The Morgan fingerprint density at radius 1 is 1.47 bits per heavy atom. The Kier molecular flexibility index (Phi) is 4.12. The Labute approximate surface area is 89.1 Å². The standard InChI is InChI=1S/C11H15NO3/c1-9(14)12(7-8-13)10-5-3-4-6-11(10)15-2/h3-6,13H,7-8H2,1-2H3. The number of para-hydroxylation sites is 2. The van der Waals surface area contributed by atoms with Crippen molar-refractivity contribution in [3.8, 4) is 5.75 Å². The highest BCUT2D eigenvalue weighted by Crippen LogP contribution is 2.27. The quantitative estimate of drug-likeness (QED) is 0.806. The molecule has 0 aliphatic rings. The van der Waals surface area contributed by atoms with E-state index >= 15 is 0 Å². The molecule has 0 fully saturated rings. The minimum atomic E-state index is -0.117. The molecule has 0 unspecified atom stereocenters. The fraction of sp³-hybridized carbons (Fsp3) is 0.364. The Hall–Kier alpha value is -1.55. The molecule has 4 nitrogen and oxygen atoms in total. The van der Waals surface area contributed by atoms with Crippen LogP contribution >= 0.6 is 0 Å². The SMILES string of the molecule is COc1ccccc1N(CCO)C(C)=O. The molecule has 0 spiro atoms. The Morgan fingerprint density at radius 3 is 2.67 bits per heavy atom. The second-order valence-corrected chi connectivity index (χ2v) is 3.07. The molecular formula is C11H15NO3. The molecule has 0 aliphatic carbocycles. The van der Waals surface area contributed by atoms with E-state index in [4.69, 9.17) is 9.84 Å². The highest BCUT2D eigenvalue weighted by Gasteiger charge is 2.14. The molecule has 4 heteroatoms. The summed E-state index contributed by atoms with van der Waals surface area (Å²) in [5.41, 5.74) is 0.682. The van der Waals surface area contributed by atoms with Crippen LogP contribution in [-0.4, -0.2) is 31.3 Å². The van der Waals surface area contributed by atoms with Crippen molar-refractivity contribution in [3.05, 3.63) is 24.3 Å². The molecule has 0 saturated heterocycles. The first-order chi connectivity index (χ1) is 7.20. The summed E-state index contributed by atoms with van der Waals surface area (Å²) in [4.78, 5) is 12.8. The van der Waals surface area contributed by atoms with E-state index in [0.717, 1.165) is 0 Å². The van der Waals surface area contributed by atoms with E-state index in [1.165, 1.54) is 11.8 Å². The zero-order chi connectivity index (χ0) is 11.3. The van der Waals surface area contributed by atoms with Crippen LogP contribution in [0.4, 0.5) is 5.69 Å². The molecule has 0 heterocycles. The molecule has 15 heavy (non-hydrogen) atoms. The van der Waals surface area contributed by atoms with Gasteiger partial charge in [0.2, 0.25) is 5.91 Å². The number of methoxy groups -OCH3 is 1. The third-order valence-corrected chi connectivity index (χ3v) is 2.08. The van der Waals surface area contributed by atoms with Gasteiger partial charge in [-0.25, -0.2) is 0 Å². The number of aliphatic hydroxyl groups is 1. The third kappa shape index (κ3) is 2.70. The van der Waals surface area contributed by atoms with E-state index in [9.17, 15) is 4.79 Å². The van der Waals surface area contributed by atoms with Crippen molar-refractivity contribution in [2.75, 3.05) is 25.2 Å². The van der Waals surface area contributed by atoms with Gasteiger partial charge in [-0.1, -0.05) is 12.1 Å². The van der Waals surface area contributed by atoms with Crippen molar-refractivity contribution in [1.82, 2.24) is 0 Å². The third-order valence-electron chi connectivity index (χ3n) is 2.08. The maximum absolute atomic E-state index is 11.4. The summed E-state index contributed by atoms with van der Waals surface area (Å²) in [5.74, 6) is 0.509. The average molecular weight is 209 g/mol. The van der Waals surface area contributed by atoms with Crippen molar-refractivity contribution in [1.29, 1.82) is 0 Å².